The minimum atomic E-state index is 0.0582. The molecule has 0 aliphatic carbocycles. The summed E-state index contributed by atoms with van der Waals surface area (Å²) < 4.78 is 0. The zero-order valence-electron chi connectivity index (χ0n) is 10.5. The van der Waals surface area contributed by atoms with Crippen molar-refractivity contribution in [2.75, 3.05) is 5.32 Å². The maximum absolute atomic E-state index is 11.3. The standard InChI is InChI=1S/C15H13N3O/c1-10(19)11-3-2-4-13(7-11)18-14-8-12-5-6-16-15(12)17-9-14/h2-9,18H,1H3,(H,16,17). The van der Waals surface area contributed by atoms with Crippen molar-refractivity contribution in [1.29, 1.82) is 0 Å². The van der Waals surface area contributed by atoms with Gasteiger partial charge in [0.25, 0.3) is 0 Å². The first-order valence-electron chi connectivity index (χ1n) is 6.03. The van der Waals surface area contributed by atoms with Crippen molar-refractivity contribution in [3.63, 3.8) is 0 Å². The SMILES string of the molecule is CC(=O)c1cccc(Nc2cnc3[nH]ccc3c2)c1. The fourth-order valence-electron chi connectivity index (χ4n) is 1.99. The fourth-order valence-corrected chi connectivity index (χ4v) is 1.99. The summed E-state index contributed by atoms with van der Waals surface area (Å²) in [5.41, 5.74) is 3.33. The number of nitrogens with one attached hydrogen (secondary N) is 2. The molecule has 0 unspecified atom stereocenters. The van der Waals surface area contributed by atoms with Crippen LogP contribution in [0, 0.1) is 0 Å². The second-order valence-corrected chi connectivity index (χ2v) is 4.40. The number of H-pyrrole nitrogens is 1. The van der Waals surface area contributed by atoms with E-state index in [9.17, 15) is 4.79 Å². The number of aromatic amines is 1. The van der Waals surface area contributed by atoms with Gasteiger partial charge in [-0.25, -0.2) is 4.98 Å². The van der Waals surface area contributed by atoms with Gasteiger partial charge in [-0.2, -0.15) is 0 Å². The first-order chi connectivity index (χ1) is 9.22. The van der Waals surface area contributed by atoms with E-state index in [4.69, 9.17) is 0 Å². The first-order valence-corrected chi connectivity index (χ1v) is 6.03. The van der Waals surface area contributed by atoms with Gasteiger partial charge in [0.15, 0.2) is 5.78 Å². The molecule has 4 heteroatoms. The third-order valence-corrected chi connectivity index (χ3v) is 2.96. The van der Waals surface area contributed by atoms with Crippen LogP contribution in [0.5, 0.6) is 0 Å². The predicted octanol–water partition coefficient (Wildman–Crippen LogP) is 3.51. The van der Waals surface area contributed by atoms with Crippen molar-refractivity contribution in [1.82, 2.24) is 9.97 Å². The molecule has 0 radical (unpaired) electrons. The molecule has 2 aromatic heterocycles. The maximum Gasteiger partial charge on any atom is 0.159 e. The molecular formula is C15H13N3O. The quantitative estimate of drug-likeness (QED) is 0.700. The van der Waals surface area contributed by atoms with Gasteiger partial charge in [0.2, 0.25) is 0 Å². The fraction of sp³-hybridized carbons (Fsp3) is 0.0667. The van der Waals surface area contributed by atoms with Crippen molar-refractivity contribution >= 4 is 28.2 Å². The van der Waals surface area contributed by atoms with E-state index in [0.717, 1.165) is 22.4 Å². The minimum Gasteiger partial charge on any atom is -0.354 e. The highest BCUT2D eigenvalue weighted by atomic mass is 16.1. The van der Waals surface area contributed by atoms with Gasteiger partial charge in [-0.05, 0) is 31.2 Å². The van der Waals surface area contributed by atoms with E-state index in [2.05, 4.69) is 15.3 Å². The van der Waals surface area contributed by atoms with Crippen molar-refractivity contribution < 1.29 is 4.79 Å². The number of Topliss-reactive ketones (excluding diaryl/α,β-unsaturated/α-hetero) is 1. The topological polar surface area (TPSA) is 57.8 Å². The highest BCUT2D eigenvalue weighted by molar-refractivity contribution is 5.95. The van der Waals surface area contributed by atoms with E-state index >= 15 is 0 Å². The Kier molecular flexibility index (Phi) is 2.76. The molecule has 94 valence electrons. The normalized spacial score (nSPS) is 10.6. The number of hydrogen-bond acceptors (Lipinski definition) is 3. The number of benzene rings is 1. The Hall–Kier alpha value is -2.62. The van der Waals surface area contributed by atoms with E-state index in [1.54, 1.807) is 19.2 Å². The Balaban J connectivity index is 1.91. The molecule has 2 heterocycles. The van der Waals surface area contributed by atoms with Crippen LogP contribution in [0.2, 0.25) is 0 Å². The highest BCUT2D eigenvalue weighted by Gasteiger charge is 2.02. The van der Waals surface area contributed by atoms with Crippen LogP contribution in [0.25, 0.3) is 11.0 Å². The second kappa shape index (κ2) is 4.57. The van der Waals surface area contributed by atoms with Gasteiger partial charge in [-0.15, -0.1) is 0 Å². The molecule has 0 bridgehead atoms. The molecular weight excluding hydrogens is 238 g/mol. The van der Waals surface area contributed by atoms with E-state index < -0.39 is 0 Å². The number of aromatic nitrogens is 2. The van der Waals surface area contributed by atoms with E-state index in [-0.39, 0.29) is 5.78 Å². The summed E-state index contributed by atoms with van der Waals surface area (Å²) in [5, 5.41) is 4.30. The molecule has 0 atom stereocenters. The highest BCUT2D eigenvalue weighted by Crippen LogP contribution is 2.20. The molecule has 0 amide bonds. The van der Waals surface area contributed by atoms with Crippen molar-refractivity contribution in [3.8, 4) is 0 Å². The Morgan fingerprint density at radius 1 is 1.21 bits per heavy atom. The van der Waals surface area contributed by atoms with E-state index in [1.165, 1.54) is 0 Å². The lowest BCUT2D eigenvalue weighted by molar-refractivity contribution is 0.101. The molecule has 0 aliphatic rings. The largest absolute Gasteiger partial charge is 0.354 e. The number of pyridine rings is 1. The molecule has 3 aromatic rings. The Morgan fingerprint density at radius 3 is 2.95 bits per heavy atom. The summed E-state index contributed by atoms with van der Waals surface area (Å²) in [7, 11) is 0. The van der Waals surface area contributed by atoms with Crippen LogP contribution >= 0.6 is 0 Å². The molecule has 0 fully saturated rings. The summed E-state index contributed by atoms with van der Waals surface area (Å²) in [6, 6.07) is 11.4. The lowest BCUT2D eigenvalue weighted by Gasteiger charge is -2.07. The van der Waals surface area contributed by atoms with Crippen LogP contribution in [0.15, 0.2) is 48.8 Å². The van der Waals surface area contributed by atoms with Gasteiger partial charge in [-0.3, -0.25) is 4.79 Å². The Morgan fingerprint density at radius 2 is 2.11 bits per heavy atom. The zero-order chi connectivity index (χ0) is 13.2. The van der Waals surface area contributed by atoms with Gasteiger partial charge in [0, 0.05) is 22.8 Å². The maximum atomic E-state index is 11.3. The summed E-state index contributed by atoms with van der Waals surface area (Å²) in [4.78, 5) is 18.7. The van der Waals surface area contributed by atoms with Gasteiger partial charge in [0.1, 0.15) is 5.65 Å². The molecule has 0 spiro atoms. The van der Waals surface area contributed by atoms with Crippen LogP contribution in [0.3, 0.4) is 0 Å². The lowest BCUT2D eigenvalue weighted by Crippen LogP contribution is -1.95. The second-order valence-electron chi connectivity index (χ2n) is 4.40. The number of nitrogens with zero attached hydrogens (tertiary/aromatic N) is 1. The molecule has 19 heavy (non-hydrogen) atoms. The zero-order valence-corrected chi connectivity index (χ0v) is 10.5. The van der Waals surface area contributed by atoms with Gasteiger partial charge < -0.3 is 10.3 Å². The van der Waals surface area contributed by atoms with Crippen LogP contribution < -0.4 is 5.32 Å². The molecule has 0 saturated heterocycles. The van der Waals surface area contributed by atoms with Crippen molar-refractivity contribution in [3.05, 3.63) is 54.4 Å². The lowest BCUT2D eigenvalue weighted by atomic mass is 10.1. The van der Waals surface area contributed by atoms with Crippen LogP contribution in [0.4, 0.5) is 11.4 Å². The number of rotatable bonds is 3. The summed E-state index contributed by atoms with van der Waals surface area (Å²) >= 11 is 0. The van der Waals surface area contributed by atoms with E-state index in [1.807, 2.05) is 36.5 Å². The van der Waals surface area contributed by atoms with Crippen molar-refractivity contribution in [2.45, 2.75) is 6.92 Å². The summed E-state index contributed by atoms with van der Waals surface area (Å²) in [5.74, 6) is 0.0582. The van der Waals surface area contributed by atoms with Gasteiger partial charge in [0.05, 0.1) is 11.9 Å². The average molecular weight is 251 g/mol. The van der Waals surface area contributed by atoms with E-state index in [0.29, 0.717) is 5.56 Å². The predicted molar refractivity (Wildman–Crippen MR) is 75.8 cm³/mol. The van der Waals surface area contributed by atoms with Gasteiger partial charge >= 0.3 is 0 Å². The van der Waals surface area contributed by atoms with Crippen molar-refractivity contribution in [2.24, 2.45) is 0 Å². The monoisotopic (exact) mass is 251 g/mol. The summed E-state index contributed by atoms with van der Waals surface area (Å²) in [6.45, 7) is 1.56. The number of fused-ring (bicyclic) bond motifs is 1. The number of carbonyl (C=O) groups is 1. The number of anilines is 2. The number of carbonyl (C=O) groups excluding carboxylic acids is 1. The third-order valence-electron chi connectivity index (χ3n) is 2.96. The van der Waals surface area contributed by atoms with Crippen LogP contribution in [0.1, 0.15) is 17.3 Å². The van der Waals surface area contributed by atoms with Gasteiger partial charge in [-0.1, -0.05) is 12.1 Å². The molecule has 0 aliphatic heterocycles. The average Bonchev–Trinajstić information content (AvgIpc) is 2.86. The Labute approximate surface area is 110 Å². The smallest absolute Gasteiger partial charge is 0.159 e. The molecule has 4 nitrogen and oxygen atoms in total. The van der Waals surface area contributed by atoms with Crippen LogP contribution in [-0.4, -0.2) is 15.8 Å². The number of hydrogen-bond donors (Lipinski definition) is 2. The van der Waals surface area contributed by atoms with Crippen LogP contribution in [-0.2, 0) is 0 Å². The molecule has 2 N–H and O–H groups in total. The molecule has 0 saturated carbocycles. The third kappa shape index (κ3) is 2.33. The molecule has 3 rings (SSSR count). The minimum absolute atomic E-state index is 0.0582. The Bertz CT molecular complexity index is 746. The first kappa shape index (κ1) is 11.5. The molecule has 1 aromatic carbocycles. The number of ketones is 1. The summed E-state index contributed by atoms with van der Waals surface area (Å²) in [6.07, 6.45) is 3.62.